The van der Waals surface area contributed by atoms with Crippen molar-refractivity contribution in [3.8, 4) is 6.07 Å². The van der Waals surface area contributed by atoms with Gasteiger partial charge in [0.1, 0.15) is 0 Å². The van der Waals surface area contributed by atoms with Gasteiger partial charge in [-0.25, -0.2) is 0 Å². The standard InChI is InChI=1S/C18H22N4O/c1-14-8-15(2)22(20-14)13-18-12-21(6-7-23-18)11-17-5-3-4-16(9-17)10-19/h3-5,8-9,18H,6-7,11-13H2,1-2H3/t18-/m1/s1. The van der Waals surface area contributed by atoms with E-state index in [0.717, 1.165) is 44.0 Å². The van der Waals surface area contributed by atoms with Crippen molar-refractivity contribution >= 4 is 0 Å². The fourth-order valence-corrected chi connectivity index (χ4v) is 3.08. The molecule has 0 N–H and O–H groups in total. The van der Waals surface area contributed by atoms with Crippen molar-refractivity contribution in [1.82, 2.24) is 14.7 Å². The maximum absolute atomic E-state index is 9.01. The van der Waals surface area contributed by atoms with Crippen LogP contribution in [0.1, 0.15) is 22.5 Å². The minimum Gasteiger partial charge on any atom is -0.374 e. The zero-order valence-electron chi connectivity index (χ0n) is 13.7. The predicted molar refractivity (Wildman–Crippen MR) is 87.9 cm³/mol. The molecule has 1 aromatic carbocycles. The van der Waals surface area contributed by atoms with Crippen molar-refractivity contribution in [2.24, 2.45) is 0 Å². The molecular formula is C18H22N4O. The van der Waals surface area contributed by atoms with Crippen LogP contribution < -0.4 is 0 Å². The van der Waals surface area contributed by atoms with Gasteiger partial charge in [0.05, 0.1) is 36.6 Å². The minimum absolute atomic E-state index is 0.154. The molecule has 5 nitrogen and oxygen atoms in total. The number of nitriles is 1. The Kier molecular flexibility index (Phi) is 4.75. The van der Waals surface area contributed by atoms with E-state index in [9.17, 15) is 0 Å². The average molecular weight is 310 g/mol. The van der Waals surface area contributed by atoms with Gasteiger partial charge in [0, 0.05) is 25.3 Å². The Bertz CT molecular complexity index is 716. The quantitative estimate of drug-likeness (QED) is 0.869. The highest BCUT2D eigenvalue weighted by Crippen LogP contribution is 2.14. The number of hydrogen-bond donors (Lipinski definition) is 0. The summed E-state index contributed by atoms with van der Waals surface area (Å²) in [5, 5.41) is 13.5. The second-order valence-corrected chi connectivity index (χ2v) is 6.15. The molecular weight excluding hydrogens is 288 g/mol. The average Bonchev–Trinajstić information content (AvgIpc) is 2.85. The van der Waals surface area contributed by atoms with Crippen molar-refractivity contribution in [3.63, 3.8) is 0 Å². The van der Waals surface area contributed by atoms with Crippen molar-refractivity contribution in [3.05, 3.63) is 52.8 Å². The van der Waals surface area contributed by atoms with Gasteiger partial charge in [-0.1, -0.05) is 12.1 Å². The van der Waals surface area contributed by atoms with Crippen molar-refractivity contribution < 1.29 is 4.74 Å². The zero-order valence-corrected chi connectivity index (χ0v) is 13.7. The summed E-state index contributed by atoms with van der Waals surface area (Å²) in [4.78, 5) is 2.39. The number of rotatable bonds is 4. The van der Waals surface area contributed by atoms with Crippen LogP contribution in [0.3, 0.4) is 0 Å². The lowest BCUT2D eigenvalue weighted by molar-refractivity contribution is -0.0404. The Morgan fingerprint density at radius 1 is 1.35 bits per heavy atom. The van der Waals surface area contributed by atoms with Gasteiger partial charge in [-0.3, -0.25) is 9.58 Å². The Morgan fingerprint density at radius 2 is 2.22 bits per heavy atom. The van der Waals surface area contributed by atoms with E-state index in [0.29, 0.717) is 0 Å². The smallest absolute Gasteiger partial charge is 0.0991 e. The molecule has 5 heteroatoms. The van der Waals surface area contributed by atoms with E-state index in [1.54, 1.807) is 0 Å². The van der Waals surface area contributed by atoms with E-state index in [1.807, 2.05) is 29.8 Å². The van der Waals surface area contributed by atoms with Gasteiger partial charge in [-0.2, -0.15) is 10.4 Å². The summed E-state index contributed by atoms with van der Waals surface area (Å²) in [7, 11) is 0. The minimum atomic E-state index is 0.154. The molecule has 0 aliphatic carbocycles. The fraction of sp³-hybridized carbons (Fsp3) is 0.444. The highest BCUT2D eigenvalue weighted by atomic mass is 16.5. The molecule has 1 saturated heterocycles. The number of benzene rings is 1. The van der Waals surface area contributed by atoms with E-state index in [4.69, 9.17) is 10.00 Å². The van der Waals surface area contributed by atoms with Gasteiger partial charge in [0.15, 0.2) is 0 Å². The van der Waals surface area contributed by atoms with Gasteiger partial charge in [-0.15, -0.1) is 0 Å². The molecule has 1 fully saturated rings. The van der Waals surface area contributed by atoms with E-state index >= 15 is 0 Å². The molecule has 23 heavy (non-hydrogen) atoms. The Labute approximate surface area is 137 Å². The highest BCUT2D eigenvalue weighted by molar-refractivity contribution is 5.32. The molecule has 3 rings (SSSR count). The molecule has 1 aliphatic heterocycles. The Morgan fingerprint density at radius 3 is 2.96 bits per heavy atom. The SMILES string of the molecule is Cc1cc(C)n(C[C@H]2CN(Cc3cccc(C#N)c3)CCO2)n1. The molecule has 1 aromatic heterocycles. The Hall–Kier alpha value is -2.16. The second kappa shape index (κ2) is 6.95. The van der Waals surface area contributed by atoms with Gasteiger partial charge in [-0.05, 0) is 37.6 Å². The summed E-state index contributed by atoms with van der Waals surface area (Å²) in [5.41, 5.74) is 4.11. The largest absolute Gasteiger partial charge is 0.374 e. The van der Waals surface area contributed by atoms with Gasteiger partial charge >= 0.3 is 0 Å². The van der Waals surface area contributed by atoms with Crippen LogP contribution in [0, 0.1) is 25.2 Å². The molecule has 0 radical (unpaired) electrons. The van der Waals surface area contributed by atoms with Crippen LogP contribution in [-0.2, 0) is 17.8 Å². The topological polar surface area (TPSA) is 54.1 Å². The molecule has 1 aliphatic rings. The number of nitrogens with zero attached hydrogens (tertiary/aromatic N) is 4. The van der Waals surface area contributed by atoms with Crippen LogP contribution in [0.25, 0.3) is 0 Å². The zero-order chi connectivity index (χ0) is 16.2. The lowest BCUT2D eigenvalue weighted by Gasteiger charge is -2.33. The third kappa shape index (κ3) is 3.98. The van der Waals surface area contributed by atoms with Crippen LogP contribution in [-0.4, -0.2) is 40.5 Å². The second-order valence-electron chi connectivity index (χ2n) is 6.15. The molecule has 2 aromatic rings. The first-order valence-corrected chi connectivity index (χ1v) is 7.98. The third-order valence-corrected chi connectivity index (χ3v) is 4.17. The molecule has 0 saturated carbocycles. The van der Waals surface area contributed by atoms with Crippen molar-refractivity contribution in [2.75, 3.05) is 19.7 Å². The third-order valence-electron chi connectivity index (χ3n) is 4.17. The number of aromatic nitrogens is 2. The molecule has 120 valence electrons. The van der Waals surface area contributed by atoms with E-state index in [2.05, 4.69) is 35.1 Å². The van der Waals surface area contributed by atoms with Crippen LogP contribution >= 0.6 is 0 Å². The fourth-order valence-electron chi connectivity index (χ4n) is 3.08. The first-order valence-electron chi connectivity index (χ1n) is 7.98. The molecule has 1 atom stereocenters. The van der Waals surface area contributed by atoms with Gasteiger partial charge in [0.25, 0.3) is 0 Å². The predicted octanol–water partition coefficient (Wildman–Crippen LogP) is 2.27. The number of ether oxygens (including phenoxy) is 1. The lowest BCUT2D eigenvalue weighted by Crippen LogP contribution is -2.43. The normalized spacial score (nSPS) is 18.7. The highest BCUT2D eigenvalue weighted by Gasteiger charge is 2.21. The maximum Gasteiger partial charge on any atom is 0.0991 e. The van der Waals surface area contributed by atoms with Crippen molar-refractivity contribution in [2.45, 2.75) is 33.0 Å². The molecule has 0 amide bonds. The van der Waals surface area contributed by atoms with Crippen LogP contribution in [0.2, 0.25) is 0 Å². The summed E-state index contributed by atoms with van der Waals surface area (Å²) in [6.45, 7) is 8.27. The molecule has 0 bridgehead atoms. The summed E-state index contributed by atoms with van der Waals surface area (Å²) in [5.74, 6) is 0. The number of morpholine rings is 1. The van der Waals surface area contributed by atoms with Crippen LogP contribution in [0.4, 0.5) is 0 Å². The van der Waals surface area contributed by atoms with Crippen LogP contribution in [0.5, 0.6) is 0 Å². The molecule has 2 heterocycles. The van der Waals surface area contributed by atoms with Gasteiger partial charge in [0.2, 0.25) is 0 Å². The molecule has 0 unspecified atom stereocenters. The van der Waals surface area contributed by atoms with E-state index in [-0.39, 0.29) is 6.10 Å². The van der Waals surface area contributed by atoms with E-state index < -0.39 is 0 Å². The first kappa shape index (κ1) is 15.7. The van der Waals surface area contributed by atoms with Gasteiger partial charge < -0.3 is 4.74 Å². The summed E-state index contributed by atoms with van der Waals surface area (Å²) in [6.07, 6.45) is 0.154. The van der Waals surface area contributed by atoms with Crippen LogP contribution in [0.15, 0.2) is 30.3 Å². The summed E-state index contributed by atoms with van der Waals surface area (Å²) >= 11 is 0. The summed E-state index contributed by atoms with van der Waals surface area (Å²) in [6, 6.07) is 12.1. The maximum atomic E-state index is 9.01. The van der Waals surface area contributed by atoms with Crippen molar-refractivity contribution in [1.29, 1.82) is 5.26 Å². The lowest BCUT2D eigenvalue weighted by atomic mass is 10.1. The van der Waals surface area contributed by atoms with E-state index in [1.165, 1.54) is 11.3 Å². The first-order chi connectivity index (χ1) is 11.1. The molecule has 0 spiro atoms. The number of aryl methyl sites for hydroxylation is 2. The number of hydrogen-bond acceptors (Lipinski definition) is 4. The monoisotopic (exact) mass is 310 g/mol. The Balaban J connectivity index is 1.62. The summed E-state index contributed by atoms with van der Waals surface area (Å²) < 4.78 is 7.93.